The van der Waals surface area contributed by atoms with Crippen molar-refractivity contribution in [2.75, 3.05) is 33.4 Å². The molecule has 0 fully saturated rings. The lowest BCUT2D eigenvalue weighted by Crippen LogP contribution is -2.34. The van der Waals surface area contributed by atoms with Crippen LogP contribution in [0.2, 0.25) is 0 Å². The fourth-order valence-corrected chi connectivity index (χ4v) is 2.29. The molecule has 1 rings (SSSR count). The minimum Gasteiger partial charge on any atom is -0.466 e. The number of rotatable bonds is 11. The van der Waals surface area contributed by atoms with Crippen LogP contribution >= 0.6 is 0 Å². The van der Waals surface area contributed by atoms with Gasteiger partial charge in [0.15, 0.2) is 0 Å². The number of benzene rings is 1. The third-order valence-corrected chi connectivity index (χ3v) is 3.53. The minimum atomic E-state index is -0.808. The molecule has 0 atom stereocenters. The van der Waals surface area contributed by atoms with Gasteiger partial charge in [-0.2, -0.15) is 0 Å². The van der Waals surface area contributed by atoms with Gasteiger partial charge in [-0.3, -0.25) is 29.8 Å². The van der Waals surface area contributed by atoms with Gasteiger partial charge in [0.2, 0.25) is 0 Å². The van der Waals surface area contributed by atoms with Crippen molar-refractivity contribution in [1.29, 1.82) is 0 Å². The number of carbonyl (C=O) groups is 2. The summed E-state index contributed by atoms with van der Waals surface area (Å²) in [5.41, 5.74) is -1.32. The SMILES string of the molecule is CCOC(=O)CCN(CCCOC)C(=O)c1cc([N+](=O)[O-])cc([N+](=O)[O-])c1. The molecule has 27 heavy (non-hydrogen) atoms. The molecule has 0 radical (unpaired) electrons. The van der Waals surface area contributed by atoms with Crippen LogP contribution in [0.15, 0.2) is 18.2 Å². The average Bonchev–Trinajstić information content (AvgIpc) is 2.63. The summed E-state index contributed by atoms with van der Waals surface area (Å²) in [6.07, 6.45) is 0.395. The second-order valence-corrected chi connectivity index (χ2v) is 5.45. The zero-order valence-electron chi connectivity index (χ0n) is 15.1. The van der Waals surface area contributed by atoms with Gasteiger partial charge in [-0.1, -0.05) is 0 Å². The molecule has 0 aliphatic rings. The van der Waals surface area contributed by atoms with Gasteiger partial charge >= 0.3 is 5.97 Å². The van der Waals surface area contributed by atoms with E-state index in [2.05, 4.69) is 0 Å². The van der Waals surface area contributed by atoms with E-state index in [-0.39, 0.29) is 31.7 Å². The Kier molecular flexibility index (Phi) is 8.79. The molecule has 0 heterocycles. The van der Waals surface area contributed by atoms with Gasteiger partial charge in [-0.25, -0.2) is 0 Å². The number of hydrogen-bond donors (Lipinski definition) is 0. The predicted octanol–water partition coefficient (Wildman–Crippen LogP) is 1.93. The zero-order valence-corrected chi connectivity index (χ0v) is 15.1. The number of esters is 1. The summed E-state index contributed by atoms with van der Waals surface area (Å²) in [5, 5.41) is 22.0. The van der Waals surface area contributed by atoms with Gasteiger partial charge in [0.1, 0.15) is 0 Å². The van der Waals surface area contributed by atoms with Crippen LogP contribution in [-0.4, -0.2) is 60.0 Å². The standard InChI is InChI=1S/C16H21N3O8/c1-3-27-15(20)5-7-17(6-4-8-26-2)16(21)12-9-13(18(22)23)11-14(10-12)19(24)25/h9-11H,3-8H2,1-2H3. The molecule has 0 spiro atoms. The van der Waals surface area contributed by atoms with E-state index < -0.39 is 33.1 Å². The fraction of sp³-hybridized carbons (Fsp3) is 0.500. The molecule has 0 saturated carbocycles. The first kappa shape index (κ1) is 22.0. The van der Waals surface area contributed by atoms with Crippen molar-refractivity contribution in [3.63, 3.8) is 0 Å². The Bertz CT molecular complexity index is 675. The molecular formula is C16H21N3O8. The van der Waals surface area contributed by atoms with E-state index >= 15 is 0 Å². The van der Waals surface area contributed by atoms with Gasteiger partial charge in [0.05, 0.1) is 34.5 Å². The molecule has 148 valence electrons. The van der Waals surface area contributed by atoms with Crippen molar-refractivity contribution in [3.8, 4) is 0 Å². The summed E-state index contributed by atoms with van der Waals surface area (Å²) in [7, 11) is 1.49. The van der Waals surface area contributed by atoms with E-state index in [4.69, 9.17) is 9.47 Å². The highest BCUT2D eigenvalue weighted by Crippen LogP contribution is 2.23. The number of carbonyl (C=O) groups excluding carboxylic acids is 2. The summed E-state index contributed by atoms with van der Waals surface area (Å²) < 4.78 is 9.76. The molecule has 11 nitrogen and oxygen atoms in total. The quantitative estimate of drug-likeness (QED) is 0.244. The largest absolute Gasteiger partial charge is 0.466 e. The molecule has 1 amide bonds. The van der Waals surface area contributed by atoms with Gasteiger partial charge < -0.3 is 14.4 Å². The highest BCUT2D eigenvalue weighted by molar-refractivity contribution is 5.95. The summed E-state index contributed by atoms with van der Waals surface area (Å²) in [6.45, 7) is 2.44. The highest BCUT2D eigenvalue weighted by Gasteiger charge is 2.23. The number of nitrogens with zero attached hydrogens (tertiary/aromatic N) is 3. The number of nitro benzene ring substituents is 2. The maximum Gasteiger partial charge on any atom is 0.307 e. The fourth-order valence-electron chi connectivity index (χ4n) is 2.29. The van der Waals surface area contributed by atoms with Crippen LogP contribution in [0.1, 0.15) is 30.1 Å². The lowest BCUT2D eigenvalue weighted by Gasteiger charge is -2.22. The first-order valence-corrected chi connectivity index (χ1v) is 8.17. The van der Waals surface area contributed by atoms with Crippen LogP contribution in [0.25, 0.3) is 0 Å². The zero-order chi connectivity index (χ0) is 20.4. The molecule has 0 aliphatic heterocycles. The molecule has 0 saturated heterocycles. The molecule has 1 aromatic carbocycles. The topological polar surface area (TPSA) is 142 Å². The van der Waals surface area contributed by atoms with Gasteiger partial charge in [-0.05, 0) is 13.3 Å². The summed E-state index contributed by atoms with van der Waals surface area (Å²) in [6, 6.07) is 2.73. The molecular weight excluding hydrogens is 362 g/mol. The molecule has 11 heteroatoms. The monoisotopic (exact) mass is 383 g/mol. The average molecular weight is 383 g/mol. The van der Waals surface area contributed by atoms with Crippen LogP contribution in [0.4, 0.5) is 11.4 Å². The van der Waals surface area contributed by atoms with E-state index in [1.54, 1.807) is 6.92 Å². The molecule has 0 unspecified atom stereocenters. The molecule has 0 N–H and O–H groups in total. The number of methoxy groups -OCH3 is 1. The van der Waals surface area contributed by atoms with Crippen LogP contribution in [0.3, 0.4) is 0 Å². The molecule has 0 aromatic heterocycles. The van der Waals surface area contributed by atoms with Crippen molar-refractivity contribution in [2.45, 2.75) is 19.8 Å². The minimum absolute atomic E-state index is 0.0118. The third kappa shape index (κ3) is 6.98. The van der Waals surface area contributed by atoms with Gasteiger partial charge in [0, 0.05) is 38.9 Å². The first-order chi connectivity index (χ1) is 12.8. The molecule has 1 aromatic rings. The van der Waals surface area contributed by atoms with Gasteiger partial charge in [0.25, 0.3) is 17.3 Å². The summed E-state index contributed by atoms with van der Waals surface area (Å²) >= 11 is 0. The second kappa shape index (κ2) is 10.8. The van der Waals surface area contributed by atoms with Crippen molar-refractivity contribution >= 4 is 23.3 Å². The number of ether oxygens (including phenoxy) is 2. The number of amides is 1. The Balaban J connectivity index is 3.09. The Labute approximate surface area is 155 Å². The second-order valence-electron chi connectivity index (χ2n) is 5.45. The Morgan fingerprint density at radius 2 is 1.67 bits per heavy atom. The smallest absolute Gasteiger partial charge is 0.307 e. The van der Waals surface area contributed by atoms with E-state index in [9.17, 15) is 29.8 Å². The van der Waals surface area contributed by atoms with Crippen LogP contribution in [0, 0.1) is 20.2 Å². The van der Waals surface area contributed by atoms with Gasteiger partial charge in [-0.15, -0.1) is 0 Å². The Hall–Kier alpha value is -3.08. The highest BCUT2D eigenvalue weighted by atomic mass is 16.6. The lowest BCUT2D eigenvalue weighted by atomic mass is 10.1. The number of non-ortho nitro benzene ring substituents is 2. The first-order valence-electron chi connectivity index (χ1n) is 8.17. The van der Waals surface area contributed by atoms with Crippen LogP contribution < -0.4 is 0 Å². The summed E-state index contributed by atoms with van der Waals surface area (Å²) in [5.74, 6) is -1.14. The molecule has 0 aliphatic carbocycles. The van der Waals surface area contributed by atoms with E-state index in [0.29, 0.717) is 13.0 Å². The van der Waals surface area contributed by atoms with Crippen LogP contribution in [0.5, 0.6) is 0 Å². The number of nitro groups is 2. The van der Waals surface area contributed by atoms with Crippen molar-refractivity contribution in [2.24, 2.45) is 0 Å². The molecule has 0 bridgehead atoms. The Morgan fingerprint density at radius 3 is 2.15 bits per heavy atom. The lowest BCUT2D eigenvalue weighted by molar-refractivity contribution is -0.394. The number of hydrogen-bond acceptors (Lipinski definition) is 8. The van der Waals surface area contributed by atoms with Crippen molar-refractivity contribution < 1.29 is 28.9 Å². The van der Waals surface area contributed by atoms with E-state index in [1.807, 2.05) is 0 Å². The van der Waals surface area contributed by atoms with Crippen molar-refractivity contribution in [1.82, 2.24) is 4.90 Å². The maximum absolute atomic E-state index is 12.7. The third-order valence-electron chi connectivity index (χ3n) is 3.53. The van der Waals surface area contributed by atoms with E-state index in [0.717, 1.165) is 18.2 Å². The Morgan fingerprint density at radius 1 is 1.07 bits per heavy atom. The van der Waals surface area contributed by atoms with Crippen molar-refractivity contribution in [3.05, 3.63) is 44.0 Å². The maximum atomic E-state index is 12.7. The normalized spacial score (nSPS) is 10.3. The predicted molar refractivity (Wildman–Crippen MR) is 93.4 cm³/mol. The van der Waals surface area contributed by atoms with Crippen LogP contribution in [-0.2, 0) is 14.3 Å². The summed E-state index contributed by atoms with van der Waals surface area (Å²) in [4.78, 5) is 46.0. The van der Waals surface area contributed by atoms with E-state index in [1.165, 1.54) is 12.0 Å².